The van der Waals surface area contributed by atoms with Gasteiger partial charge in [-0.2, -0.15) is 0 Å². The predicted molar refractivity (Wildman–Crippen MR) is 104 cm³/mol. The number of hydrogen-bond donors (Lipinski definition) is 2. The number of anilines is 2. The number of nitrogens with zero attached hydrogens (tertiary/aromatic N) is 2. The number of morpholine rings is 1. The molecule has 138 valence electrons. The van der Waals surface area contributed by atoms with Crippen LogP contribution in [0.3, 0.4) is 0 Å². The Bertz CT molecular complexity index is 746. The molecule has 0 radical (unpaired) electrons. The maximum Gasteiger partial charge on any atom is 0.257 e. The molecule has 1 aliphatic rings. The Morgan fingerprint density at radius 2 is 1.92 bits per heavy atom. The smallest absolute Gasteiger partial charge is 0.257 e. The van der Waals surface area contributed by atoms with E-state index in [2.05, 4.69) is 20.5 Å². The van der Waals surface area contributed by atoms with E-state index in [1.54, 1.807) is 30.5 Å². The highest BCUT2D eigenvalue weighted by Gasteiger charge is 2.13. The van der Waals surface area contributed by atoms with E-state index >= 15 is 0 Å². The first-order valence-corrected chi connectivity index (χ1v) is 9.13. The summed E-state index contributed by atoms with van der Waals surface area (Å²) in [5, 5.41) is 6.81. The molecule has 0 unspecified atom stereocenters. The molecule has 6 nitrogen and oxygen atoms in total. The third-order valence-electron chi connectivity index (χ3n) is 4.06. The maximum atomic E-state index is 12.5. The van der Waals surface area contributed by atoms with E-state index in [1.807, 2.05) is 0 Å². The van der Waals surface area contributed by atoms with Crippen molar-refractivity contribution in [3.05, 3.63) is 52.3 Å². The van der Waals surface area contributed by atoms with Crippen molar-refractivity contribution in [3.63, 3.8) is 0 Å². The molecule has 26 heavy (non-hydrogen) atoms. The fraction of sp³-hybridized carbons (Fsp3) is 0.333. The van der Waals surface area contributed by atoms with Crippen LogP contribution in [0.1, 0.15) is 10.4 Å². The molecule has 2 aromatic rings. The molecule has 2 heterocycles. The summed E-state index contributed by atoms with van der Waals surface area (Å²) in [6, 6.07) is 6.82. The van der Waals surface area contributed by atoms with Gasteiger partial charge in [0.1, 0.15) is 0 Å². The third kappa shape index (κ3) is 5.08. The molecule has 1 aromatic carbocycles. The molecule has 0 aliphatic carbocycles. The Morgan fingerprint density at radius 1 is 1.19 bits per heavy atom. The predicted octanol–water partition coefficient (Wildman–Crippen LogP) is 3.38. The number of benzene rings is 1. The van der Waals surface area contributed by atoms with Gasteiger partial charge < -0.3 is 15.4 Å². The van der Waals surface area contributed by atoms with Crippen LogP contribution in [0.2, 0.25) is 10.0 Å². The number of aromatic nitrogens is 1. The van der Waals surface area contributed by atoms with Crippen molar-refractivity contribution < 1.29 is 9.53 Å². The van der Waals surface area contributed by atoms with Crippen LogP contribution in [-0.4, -0.2) is 55.2 Å². The molecule has 1 amide bonds. The minimum absolute atomic E-state index is 0.315. The third-order valence-corrected chi connectivity index (χ3v) is 4.69. The Kier molecular flexibility index (Phi) is 6.68. The molecule has 0 bridgehead atoms. The fourth-order valence-electron chi connectivity index (χ4n) is 2.65. The van der Waals surface area contributed by atoms with Crippen LogP contribution in [-0.2, 0) is 4.74 Å². The highest BCUT2D eigenvalue weighted by molar-refractivity contribution is 6.40. The average molecular weight is 395 g/mol. The van der Waals surface area contributed by atoms with E-state index in [0.717, 1.165) is 45.1 Å². The summed E-state index contributed by atoms with van der Waals surface area (Å²) in [6.45, 7) is 5.13. The van der Waals surface area contributed by atoms with Crippen LogP contribution >= 0.6 is 23.2 Å². The topological polar surface area (TPSA) is 66.5 Å². The molecule has 0 saturated carbocycles. The van der Waals surface area contributed by atoms with Gasteiger partial charge in [-0.1, -0.05) is 29.3 Å². The highest BCUT2D eigenvalue weighted by Crippen LogP contribution is 2.30. The largest absolute Gasteiger partial charge is 0.382 e. The minimum Gasteiger partial charge on any atom is -0.382 e. The van der Waals surface area contributed by atoms with Gasteiger partial charge in [0.2, 0.25) is 0 Å². The molecule has 2 N–H and O–H groups in total. The standard InChI is InChI=1S/C18H20Cl2N4O2/c19-15-2-1-3-16(20)17(15)23-18(25)13-10-14(12-21-11-13)22-4-5-24-6-8-26-9-7-24/h1-3,10-12,22H,4-9H2,(H,23,25). The SMILES string of the molecule is O=C(Nc1c(Cl)cccc1Cl)c1cncc(NCCN2CCOCC2)c1. The summed E-state index contributed by atoms with van der Waals surface area (Å²) in [4.78, 5) is 18.9. The second kappa shape index (κ2) is 9.19. The monoisotopic (exact) mass is 394 g/mol. The van der Waals surface area contributed by atoms with Gasteiger partial charge >= 0.3 is 0 Å². The second-order valence-electron chi connectivity index (χ2n) is 5.89. The second-order valence-corrected chi connectivity index (χ2v) is 6.71. The van der Waals surface area contributed by atoms with Gasteiger partial charge in [0.25, 0.3) is 5.91 Å². The molecular weight excluding hydrogens is 375 g/mol. The minimum atomic E-state index is -0.315. The van der Waals surface area contributed by atoms with Crippen molar-refractivity contribution >= 4 is 40.5 Å². The summed E-state index contributed by atoms with van der Waals surface area (Å²) in [6.07, 6.45) is 3.20. The van der Waals surface area contributed by atoms with Crippen molar-refractivity contribution in [2.24, 2.45) is 0 Å². The lowest BCUT2D eigenvalue weighted by Gasteiger charge is -2.26. The lowest BCUT2D eigenvalue weighted by atomic mass is 10.2. The van der Waals surface area contributed by atoms with E-state index in [4.69, 9.17) is 27.9 Å². The molecule has 1 saturated heterocycles. The number of hydrogen-bond acceptors (Lipinski definition) is 5. The van der Waals surface area contributed by atoms with Gasteiger partial charge in [-0.3, -0.25) is 14.7 Å². The van der Waals surface area contributed by atoms with Gasteiger partial charge in [-0.15, -0.1) is 0 Å². The number of nitrogens with one attached hydrogen (secondary N) is 2. The van der Waals surface area contributed by atoms with Crippen LogP contribution in [0.4, 0.5) is 11.4 Å². The summed E-state index contributed by atoms with van der Waals surface area (Å²) in [7, 11) is 0. The Labute approximate surface area is 162 Å². The first-order valence-electron chi connectivity index (χ1n) is 8.38. The number of carbonyl (C=O) groups excluding carboxylic acids is 1. The number of ether oxygens (including phenoxy) is 1. The van der Waals surface area contributed by atoms with Crippen molar-refractivity contribution in [2.45, 2.75) is 0 Å². The Balaban J connectivity index is 1.58. The molecule has 0 spiro atoms. The van der Waals surface area contributed by atoms with E-state index in [1.165, 1.54) is 6.20 Å². The van der Waals surface area contributed by atoms with E-state index in [-0.39, 0.29) is 5.91 Å². The van der Waals surface area contributed by atoms with Crippen LogP contribution in [0.25, 0.3) is 0 Å². The van der Waals surface area contributed by atoms with Crippen LogP contribution in [0.15, 0.2) is 36.7 Å². The van der Waals surface area contributed by atoms with Gasteiger partial charge in [0.15, 0.2) is 0 Å². The molecule has 1 aliphatic heterocycles. The Hall–Kier alpha value is -1.86. The van der Waals surface area contributed by atoms with Crippen LogP contribution < -0.4 is 10.6 Å². The molecular formula is C18H20Cl2N4O2. The summed E-state index contributed by atoms with van der Waals surface area (Å²) < 4.78 is 5.34. The summed E-state index contributed by atoms with van der Waals surface area (Å²) in [5.74, 6) is -0.315. The first-order chi connectivity index (χ1) is 12.6. The number of rotatable bonds is 6. The lowest BCUT2D eigenvalue weighted by Crippen LogP contribution is -2.39. The van der Waals surface area contributed by atoms with E-state index < -0.39 is 0 Å². The van der Waals surface area contributed by atoms with Crippen molar-refractivity contribution in [1.82, 2.24) is 9.88 Å². The first kappa shape index (κ1) is 18.9. The lowest BCUT2D eigenvalue weighted by molar-refractivity contribution is 0.0398. The summed E-state index contributed by atoms with van der Waals surface area (Å²) in [5.41, 5.74) is 1.61. The highest BCUT2D eigenvalue weighted by atomic mass is 35.5. The van der Waals surface area contributed by atoms with Crippen molar-refractivity contribution in [3.8, 4) is 0 Å². The van der Waals surface area contributed by atoms with Gasteiger partial charge in [0, 0.05) is 38.6 Å². The van der Waals surface area contributed by atoms with E-state index in [9.17, 15) is 4.79 Å². The molecule has 1 aromatic heterocycles. The van der Waals surface area contributed by atoms with Gasteiger partial charge in [0.05, 0.1) is 40.2 Å². The van der Waals surface area contributed by atoms with Crippen LogP contribution in [0, 0.1) is 0 Å². The number of pyridine rings is 1. The Morgan fingerprint density at radius 3 is 2.65 bits per heavy atom. The van der Waals surface area contributed by atoms with Crippen molar-refractivity contribution in [2.75, 3.05) is 50.0 Å². The average Bonchev–Trinajstić information content (AvgIpc) is 2.66. The molecule has 0 atom stereocenters. The zero-order chi connectivity index (χ0) is 18.4. The van der Waals surface area contributed by atoms with Crippen molar-refractivity contribution in [1.29, 1.82) is 0 Å². The zero-order valence-corrected chi connectivity index (χ0v) is 15.7. The van der Waals surface area contributed by atoms with Gasteiger partial charge in [-0.25, -0.2) is 0 Å². The number of amides is 1. The molecule has 1 fully saturated rings. The fourth-order valence-corrected chi connectivity index (χ4v) is 3.14. The zero-order valence-electron chi connectivity index (χ0n) is 14.2. The normalized spacial score (nSPS) is 14.8. The number of para-hydroxylation sites is 1. The van der Waals surface area contributed by atoms with Gasteiger partial charge in [-0.05, 0) is 18.2 Å². The molecule has 8 heteroatoms. The van der Waals surface area contributed by atoms with E-state index in [0.29, 0.717) is 21.3 Å². The molecule has 3 rings (SSSR count). The van der Waals surface area contributed by atoms with Crippen LogP contribution in [0.5, 0.6) is 0 Å². The summed E-state index contributed by atoms with van der Waals surface area (Å²) >= 11 is 12.2. The number of halogens is 2. The maximum absolute atomic E-state index is 12.5. The number of carbonyl (C=O) groups is 1. The quantitative estimate of drug-likeness (QED) is 0.785.